The number of carbonyl (C=O) groups excluding carboxylic acids is 1. The van der Waals surface area contributed by atoms with Gasteiger partial charge in [0.1, 0.15) is 0 Å². The Morgan fingerprint density at radius 3 is 2.96 bits per heavy atom. The second-order valence-electron chi connectivity index (χ2n) is 6.29. The zero-order chi connectivity index (χ0) is 17.8. The highest BCUT2D eigenvalue weighted by atomic mass is 19.3. The van der Waals surface area contributed by atoms with Crippen LogP contribution in [0.3, 0.4) is 0 Å². The quantitative estimate of drug-likeness (QED) is 0.497. The van der Waals surface area contributed by atoms with Crippen molar-refractivity contribution >= 4 is 12.1 Å². The largest absolute Gasteiger partial charge is 0.404 e. The number of benzene rings is 1. The van der Waals surface area contributed by atoms with E-state index in [4.69, 9.17) is 5.73 Å². The summed E-state index contributed by atoms with van der Waals surface area (Å²) in [6.07, 6.45) is 4.85. The average Bonchev–Trinajstić information content (AvgIpc) is 3.15. The van der Waals surface area contributed by atoms with E-state index in [2.05, 4.69) is 28.5 Å². The lowest BCUT2D eigenvalue weighted by Crippen LogP contribution is -2.38. The third-order valence-corrected chi connectivity index (χ3v) is 4.79. The number of nitrogens with one attached hydrogen (secondary N) is 1. The molecule has 2 aliphatic rings. The lowest BCUT2D eigenvalue weighted by molar-refractivity contribution is -0.127. The van der Waals surface area contributed by atoms with Crippen molar-refractivity contribution in [3.63, 3.8) is 0 Å². The maximum absolute atomic E-state index is 12.6. The summed E-state index contributed by atoms with van der Waals surface area (Å²) >= 11 is 0. The van der Waals surface area contributed by atoms with Crippen LogP contribution in [0.1, 0.15) is 35.6 Å². The van der Waals surface area contributed by atoms with Crippen LogP contribution in [-0.4, -0.2) is 36.7 Å². The normalized spacial score (nSPS) is 21.2. The Labute approximate surface area is 145 Å². The van der Waals surface area contributed by atoms with Crippen LogP contribution in [0.4, 0.5) is 8.78 Å². The fourth-order valence-corrected chi connectivity index (χ4v) is 3.55. The summed E-state index contributed by atoms with van der Waals surface area (Å²) in [4.78, 5) is 17.2. The number of amides is 1. The van der Waals surface area contributed by atoms with Crippen LogP contribution in [0.25, 0.3) is 0 Å². The number of halogens is 2. The maximum Gasteiger partial charge on any atom is 0.331 e. The lowest BCUT2D eigenvalue weighted by Gasteiger charge is -2.31. The SMILES string of the molecule is NC=C(C=NC(F)F)C(=O)N1CCc2cccc([C@@H]3CCCN3)c2C1. The first kappa shape index (κ1) is 17.5. The monoisotopic (exact) mass is 348 g/mol. The molecule has 0 aromatic heterocycles. The maximum atomic E-state index is 12.6. The minimum Gasteiger partial charge on any atom is -0.404 e. The molecule has 2 heterocycles. The minimum atomic E-state index is -2.86. The highest BCUT2D eigenvalue weighted by Crippen LogP contribution is 2.31. The summed E-state index contributed by atoms with van der Waals surface area (Å²) in [6.45, 7) is -0.860. The van der Waals surface area contributed by atoms with Crippen molar-refractivity contribution < 1.29 is 13.6 Å². The fourth-order valence-electron chi connectivity index (χ4n) is 3.55. The lowest BCUT2D eigenvalue weighted by atomic mass is 9.90. The van der Waals surface area contributed by atoms with Gasteiger partial charge in [-0.3, -0.25) is 4.79 Å². The number of alkyl halides is 2. The van der Waals surface area contributed by atoms with E-state index in [0.717, 1.165) is 43.8 Å². The molecule has 1 atom stereocenters. The van der Waals surface area contributed by atoms with Crippen molar-refractivity contribution in [1.82, 2.24) is 10.2 Å². The van der Waals surface area contributed by atoms with Gasteiger partial charge in [-0.05, 0) is 42.5 Å². The van der Waals surface area contributed by atoms with Crippen molar-refractivity contribution in [3.8, 4) is 0 Å². The second kappa shape index (κ2) is 7.74. The Balaban J connectivity index is 1.81. The highest BCUT2D eigenvalue weighted by molar-refractivity contribution is 6.12. The first-order valence-electron chi connectivity index (χ1n) is 8.46. The molecule has 134 valence electrons. The summed E-state index contributed by atoms with van der Waals surface area (Å²) in [7, 11) is 0. The van der Waals surface area contributed by atoms with Gasteiger partial charge in [0.05, 0.1) is 5.57 Å². The number of aliphatic imine (C=N–C) groups is 1. The molecular weight excluding hydrogens is 326 g/mol. The second-order valence-corrected chi connectivity index (χ2v) is 6.29. The van der Waals surface area contributed by atoms with E-state index < -0.39 is 6.55 Å². The van der Waals surface area contributed by atoms with Gasteiger partial charge in [0, 0.05) is 31.5 Å². The summed E-state index contributed by atoms with van der Waals surface area (Å²) < 4.78 is 24.5. The molecule has 0 spiro atoms. The van der Waals surface area contributed by atoms with Gasteiger partial charge in [0.15, 0.2) is 0 Å². The first-order valence-corrected chi connectivity index (χ1v) is 8.46. The Hall–Kier alpha value is -2.28. The Bertz CT molecular complexity index is 696. The van der Waals surface area contributed by atoms with E-state index in [0.29, 0.717) is 19.1 Å². The summed E-state index contributed by atoms with van der Waals surface area (Å²) in [5.41, 5.74) is 9.05. The van der Waals surface area contributed by atoms with Crippen molar-refractivity contribution in [2.45, 2.75) is 38.4 Å². The molecule has 1 saturated heterocycles. The molecule has 1 fully saturated rings. The van der Waals surface area contributed by atoms with E-state index in [1.807, 2.05) is 0 Å². The number of fused-ring (bicyclic) bond motifs is 1. The molecule has 7 heteroatoms. The summed E-state index contributed by atoms with van der Waals surface area (Å²) in [6, 6.07) is 6.57. The Kier molecular flexibility index (Phi) is 5.43. The molecule has 3 N–H and O–H groups in total. The van der Waals surface area contributed by atoms with Crippen molar-refractivity contribution in [3.05, 3.63) is 46.7 Å². The molecule has 1 aromatic carbocycles. The third-order valence-electron chi connectivity index (χ3n) is 4.79. The summed E-state index contributed by atoms with van der Waals surface area (Å²) in [5.74, 6) is -0.369. The zero-order valence-electron chi connectivity index (χ0n) is 13.9. The number of nitrogens with zero attached hydrogens (tertiary/aromatic N) is 2. The van der Waals surface area contributed by atoms with Crippen molar-refractivity contribution in [2.75, 3.05) is 13.1 Å². The molecule has 0 bridgehead atoms. The van der Waals surface area contributed by atoms with Crippen LogP contribution in [0.15, 0.2) is 35.0 Å². The van der Waals surface area contributed by atoms with E-state index in [9.17, 15) is 13.6 Å². The predicted molar refractivity (Wildman–Crippen MR) is 92.3 cm³/mol. The van der Waals surface area contributed by atoms with Gasteiger partial charge in [-0.2, -0.15) is 8.78 Å². The van der Waals surface area contributed by atoms with Crippen LogP contribution in [-0.2, 0) is 17.8 Å². The van der Waals surface area contributed by atoms with Crippen LogP contribution in [0.5, 0.6) is 0 Å². The molecule has 0 unspecified atom stereocenters. The Morgan fingerprint density at radius 2 is 2.28 bits per heavy atom. The van der Waals surface area contributed by atoms with E-state index in [1.165, 1.54) is 11.1 Å². The molecule has 3 rings (SSSR count). The number of rotatable bonds is 4. The first-order chi connectivity index (χ1) is 12.1. The van der Waals surface area contributed by atoms with E-state index in [-0.39, 0.29) is 11.5 Å². The molecular formula is C18H22F2N4O. The smallest absolute Gasteiger partial charge is 0.331 e. The minimum absolute atomic E-state index is 0.0137. The van der Waals surface area contributed by atoms with Crippen LogP contribution < -0.4 is 11.1 Å². The highest BCUT2D eigenvalue weighted by Gasteiger charge is 2.27. The molecule has 0 aliphatic carbocycles. The molecule has 0 radical (unpaired) electrons. The molecule has 25 heavy (non-hydrogen) atoms. The topological polar surface area (TPSA) is 70.7 Å². The van der Waals surface area contributed by atoms with Gasteiger partial charge < -0.3 is 16.0 Å². The third kappa shape index (κ3) is 3.87. The van der Waals surface area contributed by atoms with E-state index in [1.54, 1.807) is 4.90 Å². The molecule has 1 amide bonds. The molecule has 0 saturated carbocycles. The van der Waals surface area contributed by atoms with Gasteiger partial charge in [0.25, 0.3) is 5.91 Å². The predicted octanol–water partition coefficient (Wildman–Crippen LogP) is 2.13. The van der Waals surface area contributed by atoms with Gasteiger partial charge >= 0.3 is 6.55 Å². The Morgan fingerprint density at radius 1 is 1.44 bits per heavy atom. The van der Waals surface area contributed by atoms with E-state index >= 15 is 0 Å². The fraction of sp³-hybridized carbons (Fsp3) is 0.444. The average molecular weight is 348 g/mol. The standard InChI is InChI=1S/C18H22F2N4O/c19-18(20)23-10-13(9-21)17(25)24-8-6-12-3-1-4-14(15(12)11-24)16-5-2-7-22-16/h1,3-4,9-10,16,18,22H,2,5-8,11,21H2/t16-/m0/s1. The van der Waals surface area contributed by atoms with Crippen molar-refractivity contribution in [2.24, 2.45) is 10.7 Å². The van der Waals surface area contributed by atoms with Crippen LogP contribution in [0.2, 0.25) is 0 Å². The van der Waals surface area contributed by atoms with Gasteiger partial charge in [0.2, 0.25) is 0 Å². The van der Waals surface area contributed by atoms with Crippen LogP contribution in [0, 0.1) is 0 Å². The number of carbonyl (C=O) groups is 1. The number of hydrogen-bond donors (Lipinski definition) is 2. The molecule has 5 nitrogen and oxygen atoms in total. The van der Waals surface area contributed by atoms with Gasteiger partial charge in [-0.1, -0.05) is 18.2 Å². The summed E-state index contributed by atoms with van der Waals surface area (Å²) in [5, 5.41) is 3.49. The van der Waals surface area contributed by atoms with Gasteiger partial charge in [-0.25, -0.2) is 4.99 Å². The van der Waals surface area contributed by atoms with Crippen molar-refractivity contribution in [1.29, 1.82) is 0 Å². The number of nitrogens with two attached hydrogens (primary N) is 1. The molecule has 2 aliphatic heterocycles. The number of hydrogen-bond acceptors (Lipinski definition) is 4. The molecule has 1 aromatic rings. The van der Waals surface area contributed by atoms with Crippen LogP contribution >= 0.6 is 0 Å². The zero-order valence-corrected chi connectivity index (χ0v) is 13.9. The van der Waals surface area contributed by atoms with Gasteiger partial charge in [-0.15, -0.1) is 0 Å².